The topological polar surface area (TPSA) is 150 Å². The first-order chi connectivity index (χ1) is 16.6. The van der Waals surface area contributed by atoms with Gasteiger partial charge in [-0.2, -0.15) is 0 Å². The summed E-state index contributed by atoms with van der Waals surface area (Å²) in [5.74, 6) is -1.61. The maximum atomic E-state index is 13.4. The summed E-state index contributed by atoms with van der Waals surface area (Å²) < 4.78 is 4.93. The molecule has 2 amide bonds. The number of carbonyl (C=O) groups is 3. The van der Waals surface area contributed by atoms with Crippen molar-refractivity contribution in [3.8, 4) is 0 Å². The number of nitrogens with zero attached hydrogens (tertiary/aromatic N) is 4. The number of rotatable bonds is 7. The van der Waals surface area contributed by atoms with Gasteiger partial charge in [-0.15, -0.1) is 0 Å². The van der Waals surface area contributed by atoms with Gasteiger partial charge in [0, 0.05) is 17.9 Å². The lowest BCUT2D eigenvalue weighted by Crippen LogP contribution is -2.58. The molecule has 10 nitrogen and oxygen atoms in total. The number of esters is 1. The highest BCUT2D eigenvalue weighted by Crippen LogP contribution is 2.27. The van der Waals surface area contributed by atoms with Gasteiger partial charge in [-0.05, 0) is 33.7 Å². The SMILES string of the molecule is COC(=O)C(Cc1ccc2ccccc2c1)NC(=O)[C@@H]1[C@H](N=[N+]=[N-])CCN1C(=O)C(N)C(C)(C)C. The van der Waals surface area contributed by atoms with Gasteiger partial charge in [-0.1, -0.05) is 68.4 Å². The van der Waals surface area contributed by atoms with Gasteiger partial charge in [-0.25, -0.2) is 4.79 Å². The molecular weight excluding hydrogens is 448 g/mol. The second-order valence-electron chi connectivity index (χ2n) is 9.85. The number of hydrogen-bond acceptors (Lipinski definition) is 6. The summed E-state index contributed by atoms with van der Waals surface area (Å²) in [7, 11) is 1.25. The van der Waals surface area contributed by atoms with Gasteiger partial charge in [0.15, 0.2) is 0 Å². The third kappa shape index (κ3) is 5.90. The van der Waals surface area contributed by atoms with Crippen LogP contribution in [0.25, 0.3) is 21.2 Å². The molecule has 1 aliphatic heterocycles. The molecule has 2 aromatic carbocycles. The normalized spacial score (nSPS) is 19.5. The zero-order valence-corrected chi connectivity index (χ0v) is 20.5. The van der Waals surface area contributed by atoms with Crippen molar-refractivity contribution < 1.29 is 19.1 Å². The number of hydrogen-bond donors (Lipinski definition) is 2. The van der Waals surface area contributed by atoms with Crippen LogP contribution in [0.15, 0.2) is 47.6 Å². The smallest absolute Gasteiger partial charge is 0.328 e. The third-order valence-corrected chi connectivity index (χ3v) is 6.37. The number of fused-ring (bicyclic) bond motifs is 1. The van der Waals surface area contributed by atoms with Crippen LogP contribution in [0.3, 0.4) is 0 Å². The molecule has 0 radical (unpaired) electrons. The van der Waals surface area contributed by atoms with Crippen LogP contribution in [0.5, 0.6) is 0 Å². The fraction of sp³-hybridized carbons (Fsp3) is 0.480. The Bertz CT molecular complexity index is 1150. The molecule has 0 aliphatic carbocycles. The molecular formula is C25H32N6O4. The third-order valence-electron chi connectivity index (χ3n) is 6.37. The summed E-state index contributed by atoms with van der Waals surface area (Å²) >= 11 is 0. The fourth-order valence-electron chi connectivity index (χ4n) is 4.27. The van der Waals surface area contributed by atoms with Crippen molar-refractivity contribution in [2.45, 2.75) is 57.8 Å². The van der Waals surface area contributed by atoms with Crippen molar-refractivity contribution in [1.82, 2.24) is 10.2 Å². The number of amides is 2. The van der Waals surface area contributed by atoms with E-state index in [1.165, 1.54) is 12.0 Å². The zero-order chi connectivity index (χ0) is 25.8. The quantitative estimate of drug-likeness (QED) is 0.270. The largest absolute Gasteiger partial charge is 0.467 e. The minimum Gasteiger partial charge on any atom is -0.467 e. The Balaban J connectivity index is 1.85. The molecule has 1 heterocycles. The molecule has 0 bridgehead atoms. The average molecular weight is 481 g/mol. The van der Waals surface area contributed by atoms with E-state index in [9.17, 15) is 14.4 Å². The van der Waals surface area contributed by atoms with E-state index < -0.39 is 47.4 Å². The Morgan fingerprint density at radius 2 is 1.91 bits per heavy atom. The summed E-state index contributed by atoms with van der Waals surface area (Å²) in [5, 5.41) is 8.53. The van der Waals surface area contributed by atoms with Gasteiger partial charge in [0.25, 0.3) is 0 Å². The molecule has 0 spiro atoms. The summed E-state index contributed by atoms with van der Waals surface area (Å²) in [6, 6.07) is 9.93. The van der Waals surface area contributed by atoms with Crippen LogP contribution >= 0.6 is 0 Å². The summed E-state index contributed by atoms with van der Waals surface area (Å²) in [4.78, 5) is 43.3. The van der Waals surface area contributed by atoms with Crippen molar-refractivity contribution in [3.05, 3.63) is 58.5 Å². The van der Waals surface area contributed by atoms with E-state index in [0.717, 1.165) is 16.3 Å². The minimum atomic E-state index is -1.07. The lowest BCUT2D eigenvalue weighted by atomic mass is 9.86. The van der Waals surface area contributed by atoms with Crippen LogP contribution in [0.1, 0.15) is 32.8 Å². The average Bonchev–Trinajstić information content (AvgIpc) is 3.25. The second kappa shape index (κ2) is 10.8. The number of benzene rings is 2. The molecule has 0 saturated carbocycles. The van der Waals surface area contributed by atoms with Crippen LogP contribution in [0.4, 0.5) is 0 Å². The monoisotopic (exact) mass is 480 g/mol. The molecule has 0 aromatic heterocycles. The van der Waals surface area contributed by atoms with Crippen molar-refractivity contribution in [2.24, 2.45) is 16.3 Å². The van der Waals surface area contributed by atoms with E-state index in [1.54, 1.807) is 0 Å². The molecule has 2 unspecified atom stereocenters. The number of methoxy groups -OCH3 is 1. The van der Waals surface area contributed by atoms with Gasteiger partial charge in [0.05, 0.1) is 19.2 Å². The molecule has 186 valence electrons. The van der Waals surface area contributed by atoms with Crippen LogP contribution in [-0.4, -0.2) is 60.5 Å². The first kappa shape index (κ1) is 26.0. The molecule has 3 rings (SSSR count). The van der Waals surface area contributed by atoms with Crippen LogP contribution in [-0.2, 0) is 25.5 Å². The zero-order valence-electron chi connectivity index (χ0n) is 20.5. The van der Waals surface area contributed by atoms with Crippen molar-refractivity contribution in [2.75, 3.05) is 13.7 Å². The van der Waals surface area contributed by atoms with Gasteiger partial charge >= 0.3 is 5.97 Å². The number of nitrogens with one attached hydrogen (secondary N) is 1. The predicted octanol–water partition coefficient (Wildman–Crippen LogP) is 2.69. The van der Waals surface area contributed by atoms with Crippen molar-refractivity contribution in [3.63, 3.8) is 0 Å². The first-order valence-corrected chi connectivity index (χ1v) is 11.5. The highest BCUT2D eigenvalue weighted by Gasteiger charge is 2.45. The summed E-state index contributed by atoms with van der Waals surface area (Å²) in [5.41, 5.74) is 15.5. The van der Waals surface area contributed by atoms with Crippen LogP contribution in [0.2, 0.25) is 0 Å². The second-order valence-corrected chi connectivity index (χ2v) is 9.85. The maximum absolute atomic E-state index is 13.4. The van der Waals surface area contributed by atoms with E-state index in [2.05, 4.69) is 15.3 Å². The van der Waals surface area contributed by atoms with Gasteiger partial charge in [0.2, 0.25) is 11.8 Å². The molecule has 1 aliphatic rings. The first-order valence-electron chi connectivity index (χ1n) is 11.5. The number of likely N-dealkylation sites (tertiary alicyclic amines) is 1. The van der Waals surface area contributed by atoms with Crippen molar-refractivity contribution in [1.29, 1.82) is 0 Å². The van der Waals surface area contributed by atoms with E-state index in [4.69, 9.17) is 16.0 Å². The Hall–Kier alpha value is -3.62. The van der Waals surface area contributed by atoms with Gasteiger partial charge in [0.1, 0.15) is 12.1 Å². The summed E-state index contributed by atoms with van der Waals surface area (Å²) in [6.07, 6.45) is 0.510. The van der Waals surface area contributed by atoms with Gasteiger partial charge < -0.3 is 20.7 Å². The Morgan fingerprint density at radius 3 is 2.54 bits per heavy atom. The molecule has 35 heavy (non-hydrogen) atoms. The predicted molar refractivity (Wildman–Crippen MR) is 132 cm³/mol. The van der Waals surface area contributed by atoms with Crippen molar-refractivity contribution >= 4 is 28.6 Å². The highest BCUT2D eigenvalue weighted by molar-refractivity contribution is 5.93. The van der Waals surface area contributed by atoms with E-state index in [0.29, 0.717) is 6.42 Å². The molecule has 10 heteroatoms. The van der Waals surface area contributed by atoms with Crippen LogP contribution < -0.4 is 11.1 Å². The van der Waals surface area contributed by atoms with E-state index >= 15 is 0 Å². The Morgan fingerprint density at radius 1 is 1.23 bits per heavy atom. The molecule has 1 saturated heterocycles. The molecule has 1 fully saturated rings. The van der Waals surface area contributed by atoms with E-state index in [-0.39, 0.29) is 13.0 Å². The summed E-state index contributed by atoms with van der Waals surface area (Å²) in [6.45, 7) is 5.73. The lowest BCUT2D eigenvalue weighted by molar-refractivity contribution is -0.146. The fourth-order valence-corrected chi connectivity index (χ4v) is 4.27. The number of azide groups is 1. The number of nitrogens with two attached hydrogens (primary N) is 1. The lowest BCUT2D eigenvalue weighted by Gasteiger charge is -2.33. The standard InChI is InChI=1S/C25H32N6O4/c1-25(2,3)21(26)23(33)31-12-11-18(29-30-27)20(31)22(32)28-19(24(34)35-4)14-15-9-10-16-7-5-6-8-17(16)13-15/h5-10,13,18-21H,11-12,14,26H2,1-4H3,(H,28,32)/t18-,19?,20+,21?/m1/s1. The molecule has 2 aromatic rings. The van der Waals surface area contributed by atoms with E-state index in [1.807, 2.05) is 63.2 Å². The molecule has 3 N–H and O–H groups in total. The van der Waals surface area contributed by atoms with Crippen LogP contribution in [0, 0.1) is 5.41 Å². The highest BCUT2D eigenvalue weighted by atomic mass is 16.5. The number of ether oxygens (including phenoxy) is 1. The maximum Gasteiger partial charge on any atom is 0.328 e. The minimum absolute atomic E-state index is 0.192. The van der Waals surface area contributed by atoms with Gasteiger partial charge in [-0.3, -0.25) is 9.59 Å². The Labute approximate surface area is 204 Å². The molecule has 4 atom stereocenters. The number of carbonyl (C=O) groups excluding carboxylic acids is 3. The Kier molecular flexibility index (Phi) is 7.99.